The van der Waals surface area contributed by atoms with Gasteiger partial charge in [0, 0.05) is 11.1 Å². The average molecular weight is 329 g/mol. The van der Waals surface area contributed by atoms with Gasteiger partial charge in [0.1, 0.15) is 5.03 Å². The Morgan fingerprint density at radius 3 is 2.70 bits per heavy atom. The number of carbonyl (C=O) groups excluding carboxylic acids is 1. The third kappa shape index (κ3) is 3.17. The van der Waals surface area contributed by atoms with E-state index in [-0.39, 0.29) is 11.3 Å². The number of hydrogen-bond acceptors (Lipinski definition) is 5. The highest BCUT2D eigenvalue weighted by Crippen LogP contribution is 2.35. The first-order valence-corrected chi connectivity index (χ1v) is 7.06. The number of ether oxygens (including phenoxy) is 1. The Morgan fingerprint density at radius 1 is 1.30 bits per heavy atom. The molecule has 0 unspecified atom stereocenters. The Hall–Kier alpha value is -1.43. The molecular weight excluding hydrogens is 319 g/mol. The highest BCUT2D eigenvalue weighted by molar-refractivity contribution is 7.99. The molecule has 0 aliphatic heterocycles. The maximum Gasteiger partial charge on any atom is 0.340 e. The van der Waals surface area contributed by atoms with Crippen LogP contribution >= 0.6 is 35.0 Å². The molecule has 0 aliphatic carbocycles. The standard InChI is InChI=1S/C13H10Cl2N2O2S/c1-19-13(18)8-4-5-17-12(11(8)16)20-7-2-3-9(14)10(15)6-7/h2-6H,16H2,1H3. The van der Waals surface area contributed by atoms with Gasteiger partial charge in [-0.05, 0) is 24.3 Å². The Morgan fingerprint density at radius 2 is 2.05 bits per heavy atom. The van der Waals surface area contributed by atoms with E-state index in [0.29, 0.717) is 15.1 Å². The second-order valence-corrected chi connectivity index (χ2v) is 5.62. The zero-order valence-corrected chi connectivity index (χ0v) is 12.7. The number of benzene rings is 1. The van der Waals surface area contributed by atoms with Gasteiger partial charge < -0.3 is 10.5 Å². The van der Waals surface area contributed by atoms with E-state index in [4.69, 9.17) is 28.9 Å². The molecule has 20 heavy (non-hydrogen) atoms. The molecule has 0 aliphatic rings. The smallest absolute Gasteiger partial charge is 0.340 e. The van der Waals surface area contributed by atoms with Crippen molar-refractivity contribution in [2.75, 3.05) is 12.8 Å². The molecule has 4 nitrogen and oxygen atoms in total. The van der Waals surface area contributed by atoms with Gasteiger partial charge in [-0.3, -0.25) is 0 Å². The van der Waals surface area contributed by atoms with Crippen molar-refractivity contribution in [3.8, 4) is 0 Å². The molecule has 0 saturated carbocycles. The molecular formula is C13H10Cl2N2O2S. The van der Waals surface area contributed by atoms with Crippen LogP contribution in [0.15, 0.2) is 40.4 Å². The summed E-state index contributed by atoms with van der Waals surface area (Å²) >= 11 is 13.1. The minimum absolute atomic E-state index is 0.274. The highest BCUT2D eigenvalue weighted by atomic mass is 35.5. The lowest BCUT2D eigenvalue weighted by molar-refractivity contribution is 0.0601. The van der Waals surface area contributed by atoms with Gasteiger partial charge in [0.2, 0.25) is 0 Å². The number of nitrogen functional groups attached to an aromatic ring is 1. The van der Waals surface area contributed by atoms with E-state index in [2.05, 4.69) is 9.72 Å². The summed E-state index contributed by atoms with van der Waals surface area (Å²) in [6, 6.07) is 6.71. The third-order valence-corrected chi connectivity index (χ3v) is 4.21. The van der Waals surface area contributed by atoms with Gasteiger partial charge in [0.25, 0.3) is 0 Å². The third-order valence-electron chi connectivity index (χ3n) is 2.46. The van der Waals surface area contributed by atoms with Gasteiger partial charge in [-0.2, -0.15) is 0 Å². The van der Waals surface area contributed by atoms with Crippen molar-refractivity contribution < 1.29 is 9.53 Å². The topological polar surface area (TPSA) is 65.2 Å². The molecule has 0 amide bonds. The van der Waals surface area contributed by atoms with Gasteiger partial charge >= 0.3 is 5.97 Å². The molecule has 0 spiro atoms. The van der Waals surface area contributed by atoms with Gasteiger partial charge in [-0.25, -0.2) is 9.78 Å². The number of halogens is 2. The van der Waals surface area contributed by atoms with Crippen LogP contribution in [0.2, 0.25) is 10.0 Å². The largest absolute Gasteiger partial charge is 0.465 e. The fraction of sp³-hybridized carbons (Fsp3) is 0.0769. The normalized spacial score (nSPS) is 10.3. The van der Waals surface area contributed by atoms with Gasteiger partial charge in [-0.1, -0.05) is 35.0 Å². The fourth-order valence-electron chi connectivity index (χ4n) is 1.48. The van der Waals surface area contributed by atoms with Gasteiger partial charge in [-0.15, -0.1) is 0 Å². The van der Waals surface area contributed by atoms with E-state index in [0.717, 1.165) is 4.90 Å². The summed E-state index contributed by atoms with van der Waals surface area (Å²) in [5.41, 5.74) is 6.49. The summed E-state index contributed by atoms with van der Waals surface area (Å²) in [5, 5.41) is 1.42. The molecule has 0 atom stereocenters. The maximum absolute atomic E-state index is 11.6. The number of hydrogen-bond donors (Lipinski definition) is 1. The number of nitrogens with zero attached hydrogens (tertiary/aromatic N) is 1. The first-order valence-electron chi connectivity index (χ1n) is 5.48. The number of nitrogens with two attached hydrogens (primary N) is 1. The van der Waals surface area contributed by atoms with Crippen molar-refractivity contribution in [3.63, 3.8) is 0 Å². The molecule has 0 saturated heterocycles. The summed E-state index contributed by atoms with van der Waals surface area (Å²) in [6.07, 6.45) is 1.50. The minimum atomic E-state index is -0.499. The SMILES string of the molecule is COC(=O)c1ccnc(Sc2ccc(Cl)c(Cl)c2)c1N. The van der Waals surface area contributed by atoms with Crippen LogP contribution in [0.1, 0.15) is 10.4 Å². The van der Waals surface area contributed by atoms with Gasteiger partial charge in [0.15, 0.2) is 0 Å². The van der Waals surface area contributed by atoms with Crippen LogP contribution < -0.4 is 5.73 Å². The molecule has 2 aromatic rings. The van der Waals surface area contributed by atoms with Gasteiger partial charge in [0.05, 0.1) is 28.4 Å². The van der Waals surface area contributed by atoms with E-state index in [9.17, 15) is 4.79 Å². The lowest BCUT2D eigenvalue weighted by Gasteiger charge is -2.08. The second-order valence-electron chi connectivity index (χ2n) is 3.75. The first kappa shape index (κ1) is 15.0. The number of anilines is 1. The van der Waals surface area contributed by atoms with E-state index in [1.54, 1.807) is 18.2 Å². The summed E-state index contributed by atoms with van der Waals surface area (Å²) in [4.78, 5) is 16.5. The van der Waals surface area contributed by atoms with Crippen LogP contribution in [0, 0.1) is 0 Å². The molecule has 1 heterocycles. The number of methoxy groups -OCH3 is 1. The van der Waals surface area contributed by atoms with Crippen LogP contribution in [0.5, 0.6) is 0 Å². The molecule has 0 bridgehead atoms. The van der Waals surface area contributed by atoms with Crippen molar-refractivity contribution in [2.24, 2.45) is 0 Å². The highest BCUT2D eigenvalue weighted by Gasteiger charge is 2.15. The van der Waals surface area contributed by atoms with Crippen LogP contribution in [0.25, 0.3) is 0 Å². The number of carbonyl (C=O) groups is 1. The molecule has 104 valence electrons. The molecule has 0 radical (unpaired) electrons. The molecule has 0 fully saturated rings. The van der Waals surface area contributed by atoms with Crippen molar-refractivity contribution >= 4 is 46.6 Å². The van der Waals surface area contributed by atoms with Crippen molar-refractivity contribution in [3.05, 3.63) is 46.1 Å². The molecule has 2 N–H and O–H groups in total. The zero-order valence-electron chi connectivity index (χ0n) is 10.4. The fourth-order valence-corrected chi connectivity index (χ4v) is 2.71. The van der Waals surface area contributed by atoms with Crippen LogP contribution in [0.4, 0.5) is 5.69 Å². The van der Waals surface area contributed by atoms with Crippen LogP contribution in [-0.2, 0) is 4.74 Å². The van der Waals surface area contributed by atoms with Crippen molar-refractivity contribution in [1.82, 2.24) is 4.98 Å². The number of aromatic nitrogens is 1. The predicted octanol–water partition coefficient (Wildman–Crippen LogP) is 3.91. The number of rotatable bonds is 3. The monoisotopic (exact) mass is 328 g/mol. The van der Waals surface area contributed by atoms with Crippen LogP contribution in [0.3, 0.4) is 0 Å². The summed E-state index contributed by atoms with van der Waals surface area (Å²) in [7, 11) is 1.30. The minimum Gasteiger partial charge on any atom is -0.465 e. The lowest BCUT2D eigenvalue weighted by atomic mass is 10.2. The summed E-state index contributed by atoms with van der Waals surface area (Å²) < 4.78 is 4.66. The maximum atomic E-state index is 11.6. The number of esters is 1. The zero-order chi connectivity index (χ0) is 14.7. The molecule has 2 rings (SSSR count). The Labute approximate surface area is 130 Å². The predicted molar refractivity (Wildman–Crippen MR) is 80.6 cm³/mol. The average Bonchev–Trinajstić information content (AvgIpc) is 2.44. The molecule has 7 heteroatoms. The summed E-state index contributed by atoms with van der Waals surface area (Å²) in [5.74, 6) is -0.499. The van der Waals surface area contributed by atoms with E-state index < -0.39 is 5.97 Å². The molecule has 1 aromatic heterocycles. The Bertz CT molecular complexity index is 665. The Kier molecular flexibility index (Phi) is 4.75. The summed E-state index contributed by atoms with van der Waals surface area (Å²) in [6.45, 7) is 0. The molecule has 1 aromatic carbocycles. The van der Waals surface area contributed by atoms with Crippen molar-refractivity contribution in [1.29, 1.82) is 0 Å². The van der Waals surface area contributed by atoms with E-state index in [1.165, 1.54) is 31.1 Å². The van der Waals surface area contributed by atoms with E-state index in [1.807, 2.05) is 0 Å². The first-order chi connectivity index (χ1) is 9.52. The van der Waals surface area contributed by atoms with E-state index >= 15 is 0 Å². The number of pyridine rings is 1. The lowest BCUT2D eigenvalue weighted by Crippen LogP contribution is -2.07. The second kappa shape index (κ2) is 6.35. The quantitative estimate of drug-likeness (QED) is 0.865. The Balaban J connectivity index is 2.34. The van der Waals surface area contributed by atoms with Crippen molar-refractivity contribution in [2.45, 2.75) is 9.92 Å². The van der Waals surface area contributed by atoms with Crippen LogP contribution in [-0.4, -0.2) is 18.1 Å².